The first-order valence-corrected chi connectivity index (χ1v) is 9.11. The third-order valence-electron chi connectivity index (χ3n) is 4.43. The molecule has 1 saturated heterocycles. The Morgan fingerprint density at radius 1 is 1.17 bits per heavy atom. The molecule has 0 amide bonds. The molecule has 2 atom stereocenters. The van der Waals surface area contributed by atoms with Gasteiger partial charge >= 0.3 is 5.63 Å². The van der Waals surface area contributed by atoms with Crippen LogP contribution < -0.4 is 15.8 Å². The second-order valence-corrected chi connectivity index (χ2v) is 7.47. The monoisotopic (exact) mass is 340 g/mol. The molecule has 3 heterocycles. The lowest BCUT2D eigenvalue weighted by Crippen LogP contribution is -2.54. The molecule has 0 bridgehead atoms. The van der Waals surface area contributed by atoms with Gasteiger partial charge in [0.25, 0.3) is 0 Å². The maximum atomic E-state index is 12.3. The van der Waals surface area contributed by atoms with Crippen LogP contribution in [0.4, 0.5) is 5.69 Å². The van der Waals surface area contributed by atoms with Crippen LogP contribution in [0.5, 0.6) is 0 Å². The van der Waals surface area contributed by atoms with E-state index in [4.69, 9.17) is 4.42 Å². The average molecular weight is 340 g/mol. The number of nitrogens with one attached hydrogen (secondary N) is 1. The Labute approximate surface area is 144 Å². The zero-order chi connectivity index (χ0) is 16.7. The van der Waals surface area contributed by atoms with Crippen molar-refractivity contribution in [2.45, 2.75) is 25.9 Å². The molecule has 4 rings (SSSR count). The maximum Gasteiger partial charge on any atom is 0.345 e. The van der Waals surface area contributed by atoms with Gasteiger partial charge in [-0.2, -0.15) is 0 Å². The molecular formula is C19H20N2O2S. The molecular weight excluding hydrogens is 320 g/mol. The van der Waals surface area contributed by atoms with Crippen molar-refractivity contribution < 1.29 is 4.42 Å². The molecule has 1 aliphatic heterocycles. The van der Waals surface area contributed by atoms with Crippen LogP contribution in [-0.4, -0.2) is 25.2 Å². The minimum Gasteiger partial charge on any atom is -0.422 e. The van der Waals surface area contributed by atoms with Crippen molar-refractivity contribution in [3.63, 3.8) is 0 Å². The summed E-state index contributed by atoms with van der Waals surface area (Å²) in [4.78, 5) is 15.6. The number of benzene rings is 1. The number of piperazine rings is 1. The van der Waals surface area contributed by atoms with Gasteiger partial charge in [0.2, 0.25) is 0 Å². The van der Waals surface area contributed by atoms with Gasteiger partial charge in [-0.3, -0.25) is 0 Å². The van der Waals surface area contributed by atoms with Crippen molar-refractivity contribution >= 4 is 28.0 Å². The summed E-state index contributed by atoms with van der Waals surface area (Å²) in [5, 5.41) is 6.46. The normalized spacial score (nSPS) is 21.3. The molecule has 1 N–H and O–H groups in total. The van der Waals surface area contributed by atoms with E-state index in [1.807, 2.05) is 35.7 Å². The lowest BCUT2D eigenvalue weighted by Gasteiger charge is -2.37. The topological polar surface area (TPSA) is 45.5 Å². The fraction of sp³-hybridized carbons (Fsp3) is 0.316. The summed E-state index contributed by atoms with van der Waals surface area (Å²) >= 11 is 1.55. The van der Waals surface area contributed by atoms with Gasteiger partial charge in [-0.25, -0.2) is 4.79 Å². The summed E-state index contributed by atoms with van der Waals surface area (Å²) < 4.78 is 5.61. The number of fused-ring (bicyclic) bond motifs is 1. The molecule has 0 saturated carbocycles. The quantitative estimate of drug-likeness (QED) is 0.723. The zero-order valence-electron chi connectivity index (χ0n) is 13.8. The molecule has 2 aromatic heterocycles. The van der Waals surface area contributed by atoms with E-state index in [2.05, 4.69) is 30.1 Å². The number of hydrogen-bond donors (Lipinski definition) is 1. The van der Waals surface area contributed by atoms with Crippen LogP contribution in [0.1, 0.15) is 13.8 Å². The molecule has 2 unspecified atom stereocenters. The zero-order valence-corrected chi connectivity index (χ0v) is 14.6. The minimum absolute atomic E-state index is 0.274. The van der Waals surface area contributed by atoms with Crippen LogP contribution in [0.2, 0.25) is 0 Å². The van der Waals surface area contributed by atoms with Gasteiger partial charge in [0.1, 0.15) is 5.58 Å². The first kappa shape index (κ1) is 15.4. The second kappa shape index (κ2) is 6.07. The van der Waals surface area contributed by atoms with Gasteiger partial charge in [-0.05, 0) is 43.5 Å². The van der Waals surface area contributed by atoms with Crippen LogP contribution in [0.25, 0.3) is 21.4 Å². The van der Waals surface area contributed by atoms with Gasteiger partial charge in [0.05, 0.1) is 5.56 Å². The van der Waals surface area contributed by atoms with Crippen molar-refractivity contribution in [2.24, 2.45) is 0 Å². The van der Waals surface area contributed by atoms with Gasteiger partial charge in [0.15, 0.2) is 0 Å². The van der Waals surface area contributed by atoms with Gasteiger partial charge in [-0.1, -0.05) is 6.07 Å². The Hall–Kier alpha value is -2.11. The van der Waals surface area contributed by atoms with E-state index in [9.17, 15) is 4.79 Å². The molecule has 24 heavy (non-hydrogen) atoms. The Kier molecular flexibility index (Phi) is 3.90. The van der Waals surface area contributed by atoms with Crippen LogP contribution >= 0.6 is 11.3 Å². The first-order chi connectivity index (χ1) is 11.6. The highest BCUT2D eigenvalue weighted by atomic mass is 32.1. The Morgan fingerprint density at radius 3 is 2.67 bits per heavy atom. The van der Waals surface area contributed by atoms with Crippen molar-refractivity contribution in [3.05, 3.63) is 52.2 Å². The largest absolute Gasteiger partial charge is 0.422 e. The SMILES string of the molecule is CC1CN(c2ccc3cc(-c4cccs4)c(=O)oc3c2)CC(C)N1. The van der Waals surface area contributed by atoms with Crippen LogP contribution in [0, 0.1) is 0 Å². The molecule has 1 aliphatic rings. The number of nitrogens with zero attached hydrogens (tertiary/aromatic N) is 1. The molecule has 0 spiro atoms. The number of hydrogen-bond acceptors (Lipinski definition) is 5. The molecule has 5 heteroatoms. The number of thiophene rings is 1. The summed E-state index contributed by atoms with van der Waals surface area (Å²) in [5.41, 5.74) is 2.12. The lowest BCUT2D eigenvalue weighted by molar-refractivity contribution is 0.407. The minimum atomic E-state index is -0.274. The third kappa shape index (κ3) is 2.85. The van der Waals surface area contributed by atoms with Crippen molar-refractivity contribution in [1.82, 2.24) is 5.32 Å². The highest BCUT2D eigenvalue weighted by Crippen LogP contribution is 2.28. The van der Waals surface area contributed by atoms with Gasteiger partial charge < -0.3 is 14.6 Å². The van der Waals surface area contributed by atoms with E-state index in [1.165, 1.54) is 0 Å². The predicted octanol–water partition coefficient (Wildman–Crippen LogP) is 3.71. The average Bonchev–Trinajstić information content (AvgIpc) is 3.07. The van der Waals surface area contributed by atoms with Gasteiger partial charge in [-0.15, -0.1) is 11.3 Å². The summed E-state index contributed by atoms with van der Waals surface area (Å²) in [6.45, 7) is 6.29. The molecule has 4 nitrogen and oxygen atoms in total. The Bertz CT molecular complexity index is 907. The molecule has 3 aromatic rings. The summed E-state index contributed by atoms with van der Waals surface area (Å²) in [7, 11) is 0. The number of rotatable bonds is 2. The fourth-order valence-corrected chi connectivity index (χ4v) is 4.17. The smallest absolute Gasteiger partial charge is 0.345 e. The van der Waals surface area contributed by atoms with Crippen molar-refractivity contribution in [3.8, 4) is 10.4 Å². The molecule has 0 aliphatic carbocycles. The Balaban J connectivity index is 1.74. The van der Waals surface area contributed by atoms with Crippen LogP contribution in [0.3, 0.4) is 0 Å². The molecule has 1 fully saturated rings. The second-order valence-electron chi connectivity index (χ2n) is 6.52. The fourth-order valence-electron chi connectivity index (χ4n) is 3.44. The highest BCUT2D eigenvalue weighted by molar-refractivity contribution is 7.13. The summed E-state index contributed by atoms with van der Waals surface area (Å²) in [6, 6.07) is 12.8. The first-order valence-electron chi connectivity index (χ1n) is 8.23. The van der Waals surface area contributed by atoms with Crippen molar-refractivity contribution in [2.75, 3.05) is 18.0 Å². The van der Waals surface area contributed by atoms with E-state index in [0.717, 1.165) is 29.0 Å². The summed E-state index contributed by atoms with van der Waals surface area (Å²) in [6.07, 6.45) is 0. The van der Waals surface area contributed by atoms with Crippen LogP contribution in [0.15, 0.2) is 51.0 Å². The number of anilines is 1. The molecule has 0 radical (unpaired) electrons. The third-order valence-corrected chi connectivity index (χ3v) is 5.33. The lowest BCUT2D eigenvalue weighted by atomic mass is 10.1. The molecule has 1 aromatic carbocycles. The maximum absolute atomic E-state index is 12.3. The highest BCUT2D eigenvalue weighted by Gasteiger charge is 2.21. The van der Waals surface area contributed by atoms with E-state index in [0.29, 0.717) is 23.2 Å². The van der Waals surface area contributed by atoms with E-state index < -0.39 is 0 Å². The van der Waals surface area contributed by atoms with E-state index >= 15 is 0 Å². The Morgan fingerprint density at radius 2 is 1.96 bits per heavy atom. The van der Waals surface area contributed by atoms with E-state index in [-0.39, 0.29) is 5.63 Å². The standard InChI is InChI=1S/C19H20N2O2S/c1-12-10-21(11-13(2)20-12)15-6-5-14-8-16(18-4-3-7-24-18)19(22)23-17(14)9-15/h3-9,12-13,20H,10-11H2,1-2H3. The van der Waals surface area contributed by atoms with E-state index in [1.54, 1.807) is 11.3 Å². The molecule has 124 valence electrons. The van der Waals surface area contributed by atoms with Crippen LogP contribution in [-0.2, 0) is 0 Å². The summed E-state index contributed by atoms with van der Waals surface area (Å²) in [5.74, 6) is 0. The van der Waals surface area contributed by atoms with Crippen molar-refractivity contribution in [1.29, 1.82) is 0 Å². The predicted molar refractivity (Wildman–Crippen MR) is 100 cm³/mol. The van der Waals surface area contributed by atoms with Gasteiger partial charge in [0, 0.05) is 47.2 Å².